The number of methoxy groups -OCH3 is 1. The van der Waals surface area contributed by atoms with Crippen molar-refractivity contribution in [3.8, 4) is 5.75 Å². The molecule has 43 heavy (non-hydrogen) atoms. The summed E-state index contributed by atoms with van der Waals surface area (Å²) in [4.78, 5) is 44.5. The average molecular weight is 624 g/mol. The van der Waals surface area contributed by atoms with E-state index in [4.69, 9.17) is 21.1 Å². The molecule has 0 spiro atoms. The van der Waals surface area contributed by atoms with Crippen LogP contribution in [-0.4, -0.2) is 84.6 Å². The molecule has 0 saturated carbocycles. The Morgan fingerprint density at radius 3 is 2.14 bits per heavy atom. The second-order valence-corrected chi connectivity index (χ2v) is 12.5. The first kappa shape index (κ1) is 32.4. The van der Waals surface area contributed by atoms with Crippen LogP contribution in [-0.2, 0) is 15.7 Å². The van der Waals surface area contributed by atoms with Gasteiger partial charge < -0.3 is 24.2 Å². The summed E-state index contributed by atoms with van der Waals surface area (Å²) in [6, 6.07) is 9.86. The smallest absolute Gasteiger partial charge is 0.419 e. The van der Waals surface area contributed by atoms with Crippen LogP contribution in [0, 0.1) is 5.92 Å². The number of piperidine rings is 1. The number of carbonyl (C=O) groups is 3. The third-order valence-electron chi connectivity index (χ3n) is 7.96. The van der Waals surface area contributed by atoms with Crippen LogP contribution in [0.2, 0.25) is 5.02 Å². The molecule has 2 saturated heterocycles. The molecule has 2 aliphatic rings. The van der Waals surface area contributed by atoms with Crippen LogP contribution in [0.25, 0.3) is 0 Å². The molecule has 4 rings (SSSR count). The molecule has 8 nitrogen and oxygen atoms in total. The van der Waals surface area contributed by atoms with Crippen LogP contribution in [0.5, 0.6) is 5.75 Å². The van der Waals surface area contributed by atoms with Gasteiger partial charge in [0.15, 0.2) is 0 Å². The Hall–Kier alpha value is -3.47. The normalized spacial score (nSPS) is 19.7. The van der Waals surface area contributed by atoms with E-state index in [-0.39, 0.29) is 35.6 Å². The largest absolute Gasteiger partial charge is 0.496 e. The first-order chi connectivity index (χ1) is 20.1. The van der Waals surface area contributed by atoms with E-state index in [1.807, 2.05) is 12.1 Å². The van der Waals surface area contributed by atoms with E-state index in [0.717, 1.165) is 24.8 Å². The number of nitrogens with zero attached hydrogens (tertiary/aromatic N) is 3. The highest BCUT2D eigenvalue weighted by molar-refractivity contribution is 6.30. The number of hydrogen-bond donors (Lipinski definition) is 0. The second-order valence-electron chi connectivity index (χ2n) is 12.0. The Kier molecular flexibility index (Phi) is 9.54. The quantitative estimate of drug-likeness (QED) is 0.403. The second kappa shape index (κ2) is 12.6. The van der Waals surface area contributed by atoms with Crippen molar-refractivity contribution >= 4 is 29.5 Å². The Morgan fingerprint density at radius 1 is 0.953 bits per heavy atom. The summed E-state index contributed by atoms with van der Waals surface area (Å²) >= 11 is 6.11. The first-order valence-corrected chi connectivity index (χ1v) is 14.5. The van der Waals surface area contributed by atoms with E-state index in [9.17, 15) is 27.6 Å². The van der Waals surface area contributed by atoms with Gasteiger partial charge in [0.1, 0.15) is 11.4 Å². The zero-order chi connectivity index (χ0) is 31.7. The fourth-order valence-electron chi connectivity index (χ4n) is 5.71. The van der Waals surface area contributed by atoms with Crippen LogP contribution in [0.15, 0.2) is 42.5 Å². The summed E-state index contributed by atoms with van der Waals surface area (Å²) in [5.74, 6) is -1.65. The van der Waals surface area contributed by atoms with Crippen molar-refractivity contribution in [2.24, 2.45) is 5.92 Å². The summed E-state index contributed by atoms with van der Waals surface area (Å²) in [5.41, 5.74) is -0.932. The monoisotopic (exact) mass is 623 g/mol. The Bertz CT molecular complexity index is 1340. The van der Waals surface area contributed by atoms with E-state index in [0.29, 0.717) is 37.5 Å². The van der Waals surface area contributed by atoms with Gasteiger partial charge in [0.05, 0.1) is 18.7 Å². The number of likely N-dealkylation sites (tertiary alicyclic amines) is 2. The number of ether oxygens (including phenoxy) is 2. The third kappa shape index (κ3) is 7.55. The molecule has 2 aromatic carbocycles. The van der Waals surface area contributed by atoms with Crippen molar-refractivity contribution in [2.75, 3.05) is 40.3 Å². The lowest BCUT2D eigenvalue weighted by atomic mass is 9.93. The molecule has 0 unspecified atom stereocenters. The Morgan fingerprint density at radius 2 is 1.58 bits per heavy atom. The van der Waals surface area contributed by atoms with Gasteiger partial charge in [-0.25, -0.2) is 4.79 Å². The molecule has 0 radical (unpaired) electrons. The van der Waals surface area contributed by atoms with Gasteiger partial charge in [-0.05, 0) is 69.5 Å². The van der Waals surface area contributed by atoms with Crippen LogP contribution >= 0.6 is 11.6 Å². The lowest BCUT2D eigenvalue weighted by Crippen LogP contribution is -2.46. The average Bonchev–Trinajstić information content (AvgIpc) is 3.40. The Labute approximate surface area is 254 Å². The Balaban J connectivity index is 1.53. The van der Waals surface area contributed by atoms with E-state index < -0.39 is 35.4 Å². The van der Waals surface area contributed by atoms with Gasteiger partial charge in [0.2, 0.25) is 5.91 Å². The van der Waals surface area contributed by atoms with Crippen LogP contribution < -0.4 is 4.74 Å². The number of rotatable bonds is 5. The minimum Gasteiger partial charge on any atom is -0.496 e. The summed E-state index contributed by atoms with van der Waals surface area (Å²) in [5, 5.41) is 0.533. The van der Waals surface area contributed by atoms with Gasteiger partial charge >= 0.3 is 12.3 Å². The summed E-state index contributed by atoms with van der Waals surface area (Å²) in [6.07, 6.45) is -4.16. The van der Waals surface area contributed by atoms with E-state index in [1.54, 1.807) is 49.8 Å². The molecule has 2 atom stereocenters. The lowest BCUT2D eigenvalue weighted by molar-refractivity contribution is -0.139. The molecule has 12 heteroatoms. The summed E-state index contributed by atoms with van der Waals surface area (Å²) in [7, 11) is 2.68. The highest BCUT2D eigenvalue weighted by Gasteiger charge is 2.43. The minimum absolute atomic E-state index is 0.0741. The van der Waals surface area contributed by atoms with Gasteiger partial charge in [-0.1, -0.05) is 23.7 Å². The van der Waals surface area contributed by atoms with Crippen LogP contribution in [0.4, 0.5) is 18.0 Å². The lowest BCUT2D eigenvalue weighted by Gasteiger charge is -2.34. The minimum atomic E-state index is -4.71. The number of carbonyl (C=O) groups excluding carboxylic acids is 3. The van der Waals surface area contributed by atoms with Gasteiger partial charge in [-0.15, -0.1) is 0 Å². The van der Waals surface area contributed by atoms with Gasteiger partial charge in [0.25, 0.3) is 5.91 Å². The highest BCUT2D eigenvalue weighted by atomic mass is 35.5. The van der Waals surface area contributed by atoms with Crippen molar-refractivity contribution in [3.63, 3.8) is 0 Å². The summed E-state index contributed by atoms with van der Waals surface area (Å²) < 4.78 is 51.3. The maximum absolute atomic E-state index is 13.7. The molecule has 0 aliphatic carbocycles. The van der Waals surface area contributed by atoms with Gasteiger partial charge in [-0.2, -0.15) is 13.2 Å². The predicted molar refractivity (Wildman–Crippen MR) is 155 cm³/mol. The van der Waals surface area contributed by atoms with E-state index in [2.05, 4.69) is 0 Å². The van der Waals surface area contributed by atoms with Crippen molar-refractivity contribution in [2.45, 2.75) is 57.3 Å². The maximum atomic E-state index is 13.7. The molecule has 2 aliphatic heterocycles. The van der Waals surface area contributed by atoms with Gasteiger partial charge in [0, 0.05) is 55.6 Å². The van der Waals surface area contributed by atoms with Crippen molar-refractivity contribution in [1.82, 2.24) is 14.7 Å². The zero-order valence-corrected chi connectivity index (χ0v) is 25.7. The highest BCUT2D eigenvalue weighted by Crippen LogP contribution is 2.38. The molecule has 0 bridgehead atoms. The molecule has 2 aromatic rings. The standard InChI is InChI=1S/C31H37ClF3N3O5/c1-30(2,3)43-29(41)37-14-12-20(13-15-37)28(40)38-17-23(19-6-9-22(32)10-7-19)25(18-38)36(4)27(39)21-8-11-26(42-5)24(16-21)31(33,34)35/h6-11,16,20,23,25H,12-15,17-18H2,1-5H3/t23-,25-/m1/s1. The van der Waals surface area contributed by atoms with Crippen LogP contribution in [0.3, 0.4) is 0 Å². The molecule has 3 amide bonds. The number of alkyl halides is 3. The van der Waals surface area contributed by atoms with E-state index in [1.165, 1.54) is 11.0 Å². The fourth-order valence-corrected chi connectivity index (χ4v) is 5.83. The fraction of sp³-hybridized carbons (Fsp3) is 0.516. The van der Waals surface area contributed by atoms with Crippen molar-refractivity contribution in [3.05, 3.63) is 64.2 Å². The number of amides is 3. The summed E-state index contributed by atoms with van der Waals surface area (Å²) in [6.45, 7) is 6.71. The SMILES string of the molecule is COc1ccc(C(=O)N(C)[C@@H]2CN(C(=O)C3CCN(C(=O)OC(C)(C)C)CC3)C[C@@H]2c2ccc(Cl)cc2)cc1C(F)(F)F. The molecular weight excluding hydrogens is 587 g/mol. The topological polar surface area (TPSA) is 79.4 Å². The number of likely N-dealkylation sites (N-methyl/N-ethyl adjacent to an activating group) is 1. The molecule has 234 valence electrons. The predicted octanol–water partition coefficient (Wildman–Crippen LogP) is 6.08. The number of halogens is 4. The number of benzene rings is 2. The molecular formula is C31H37ClF3N3O5. The molecule has 2 heterocycles. The third-order valence-corrected chi connectivity index (χ3v) is 8.22. The van der Waals surface area contributed by atoms with Crippen LogP contribution in [0.1, 0.15) is 61.0 Å². The molecule has 2 fully saturated rings. The molecule has 0 N–H and O–H groups in total. The zero-order valence-electron chi connectivity index (χ0n) is 24.9. The maximum Gasteiger partial charge on any atom is 0.419 e. The number of hydrogen-bond acceptors (Lipinski definition) is 5. The van der Waals surface area contributed by atoms with Gasteiger partial charge in [-0.3, -0.25) is 9.59 Å². The first-order valence-electron chi connectivity index (χ1n) is 14.1. The van der Waals surface area contributed by atoms with Crippen molar-refractivity contribution in [1.29, 1.82) is 0 Å². The van der Waals surface area contributed by atoms with Crippen molar-refractivity contribution < 1.29 is 37.0 Å². The molecule has 0 aromatic heterocycles. The van der Waals surface area contributed by atoms with E-state index >= 15 is 0 Å².